The summed E-state index contributed by atoms with van der Waals surface area (Å²) in [6, 6.07) is 3.89. The maximum Gasteiger partial charge on any atom is 0.258 e. The van der Waals surface area contributed by atoms with Crippen molar-refractivity contribution in [1.82, 2.24) is 9.80 Å². The summed E-state index contributed by atoms with van der Waals surface area (Å²) in [7, 11) is 1.59. The molecule has 0 saturated carbocycles. The van der Waals surface area contributed by atoms with Gasteiger partial charge in [0.05, 0.1) is 12.7 Å². The zero-order valence-corrected chi connectivity index (χ0v) is 15.2. The van der Waals surface area contributed by atoms with Crippen molar-refractivity contribution in [2.45, 2.75) is 40.0 Å². The highest BCUT2D eigenvalue weighted by Gasteiger charge is 2.27. The van der Waals surface area contributed by atoms with E-state index in [-0.39, 0.29) is 11.8 Å². The lowest BCUT2D eigenvalue weighted by Crippen LogP contribution is -2.50. The first kappa shape index (κ1) is 18.3. The summed E-state index contributed by atoms with van der Waals surface area (Å²) in [4.78, 5) is 28.7. The minimum absolute atomic E-state index is 0.00925. The number of rotatable bonds is 5. The van der Waals surface area contributed by atoms with Gasteiger partial charge in [0, 0.05) is 32.6 Å². The van der Waals surface area contributed by atoms with E-state index in [4.69, 9.17) is 4.74 Å². The van der Waals surface area contributed by atoms with Gasteiger partial charge in [0.2, 0.25) is 5.91 Å². The maximum atomic E-state index is 12.9. The zero-order chi connectivity index (χ0) is 17.7. The molecule has 1 heterocycles. The fourth-order valence-corrected chi connectivity index (χ4v) is 3.17. The summed E-state index contributed by atoms with van der Waals surface area (Å²) in [5, 5.41) is 0. The van der Waals surface area contributed by atoms with Crippen LogP contribution in [0.4, 0.5) is 0 Å². The van der Waals surface area contributed by atoms with Crippen molar-refractivity contribution >= 4 is 11.8 Å². The number of hydrogen-bond donors (Lipinski definition) is 0. The van der Waals surface area contributed by atoms with Gasteiger partial charge in [-0.15, -0.1) is 0 Å². The van der Waals surface area contributed by atoms with Crippen LogP contribution >= 0.6 is 0 Å². The molecule has 1 aliphatic rings. The molecule has 0 spiro atoms. The molecule has 0 bridgehead atoms. The fourth-order valence-electron chi connectivity index (χ4n) is 3.17. The van der Waals surface area contributed by atoms with Gasteiger partial charge in [0.1, 0.15) is 5.75 Å². The highest BCUT2D eigenvalue weighted by atomic mass is 16.5. The van der Waals surface area contributed by atoms with Crippen molar-refractivity contribution in [3.63, 3.8) is 0 Å². The molecule has 1 saturated heterocycles. The predicted octanol–water partition coefficient (Wildman–Crippen LogP) is 2.79. The topological polar surface area (TPSA) is 49.9 Å². The Kier molecular flexibility index (Phi) is 6.23. The first-order chi connectivity index (χ1) is 11.5. The largest absolute Gasteiger partial charge is 0.496 e. The van der Waals surface area contributed by atoms with Crippen LogP contribution in [0.25, 0.3) is 0 Å². The van der Waals surface area contributed by atoms with Crippen molar-refractivity contribution < 1.29 is 14.3 Å². The SMILES string of the molecule is CCCCC(=O)N1CCN(C(=O)c2c(C)cc(C)cc2OC)CC1. The summed E-state index contributed by atoms with van der Waals surface area (Å²) < 4.78 is 5.41. The van der Waals surface area contributed by atoms with Crippen LogP contribution in [0.2, 0.25) is 0 Å². The second kappa shape index (κ2) is 8.18. The van der Waals surface area contributed by atoms with Crippen molar-refractivity contribution in [1.29, 1.82) is 0 Å². The number of unbranched alkanes of at least 4 members (excludes halogenated alkanes) is 1. The number of amides is 2. The lowest BCUT2D eigenvalue weighted by molar-refractivity contribution is -0.132. The Morgan fingerprint density at radius 3 is 2.29 bits per heavy atom. The third kappa shape index (κ3) is 4.08. The molecule has 0 N–H and O–H groups in total. The van der Waals surface area contributed by atoms with Crippen LogP contribution in [0.15, 0.2) is 12.1 Å². The summed E-state index contributed by atoms with van der Waals surface area (Å²) >= 11 is 0. The van der Waals surface area contributed by atoms with E-state index in [0.717, 1.165) is 24.0 Å². The van der Waals surface area contributed by atoms with Crippen molar-refractivity contribution in [3.05, 3.63) is 28.8 Å². The van der Waals surface area contributed by atoms with Gasteiger partial charge >= 0.3 is 0 Å². The molecule has 0 atom stereocenters. The van der Waals surface area contributed by atoms with Gasteiger partial charge in [-0.25, -0.2) is 0 Å². The number of carbonyl (C=O) groups excluding carboxylic acids is 2. The monoisotopic (exact) mass is 332 g/mol. The van der Waals surface area contributed by atoms with Crippen LogP contribution < -0.4 is 4.74 Å². The van der Waals surface area contributed by atoms with E-state index in [9.17, 15) is 9.59 Å². The van der Waals surface area contributed by atoms with Crippen molar-refractivity contribution in [2.24, 2.45) is 0 Å². The van der Waals surface area contributed by atoms with Crippen LogP contribution in [0, 0.1) is 13.8 Å². The number of carbonyl (C=O) groups is 2. The molecule has 5 heteroatoms. The van der Waals surface area contributed by atoms with Gasteiger partial charge in [-0.2, -0.15) is 0 Å². The predicted molar refractivity (Wildman–Crippen MR) is 94.5 cm³/mol. The normalized spacial score (nSPS) is 14.7. The Hall–Kier alpha value is -2.04. The second-order valence-corrected chi connectivity index (χ2v) is 6.44. The highest BCUT2D eigenvalue weighted by molar-refractivity contribution is 5.98. The number of nitrogens with zero attached hydrogens (tertiary/aromatic N) is 2. The van der Waals surface area contributed by atoms with E-state index in [0.29, 0.717) is 43.9 Å². The Balaban J connectivity index is 2.05. The second-order valence-electron chi connectivity index (χ2n) is 6.44. The molecule has 0 aromatic heterocycles. The quantitative estimate of drug-likeness (QED) is 0.833. The Bertz CT molecular complexity index is 605. The summed E-state index contributed by atoms with van der Waals surface area (Å²) in [5.74, 6) is 0.817. The average Bonchev–Trinajstić information content (AvgIpc) is 2.58. The Morgan fingerprint density at radius 2 is 1.71 bits per heavy atom. The third-order valence-electron chi connectivity index (χ3n) is 4.54. The van der Waals surface area contributed by atoms with Gasteiger partial charge in [-0.3, -0.25) is 9.59 Å². The Labute approximate surface area is 144 Å². The highest BCUT2D eigenvalue weighted by Crippen LogP contribution is 2.26. The molecule has 0 aliphatic carbocycles. The average molecular weight is 332 g/mol. The molecule has 2 amide bonds. The zero-order valence-electron chi connectivity index (χ0n) is 15.2. The summed E-state index contributed by atoms with van der Waals surface area (Å²) in [5.41, 5.74) is 2.64. The summed E-state index contributed by atoms with van der Waals surface area (Å²) in [6.45, 7) is 8.39. The van der Waals surface area contributed by atoms with Gasteiger partial charge in [0.25, 0.3) is 5.91 Å². The first-order valence-electron chi connectivity index (χ1n) is 8.70. The molecule has 0 radical (unpaired) electrons. The number of methoxy groups -OCH3 is 1. The minimum Gasteiger partial charge on any atom is -0.496 e. The lowest BCUT2D eigenvalue weighted by Gasteiger charge is -2.35. The van der Waals surface area contributed by atoms with Crippen LogP contribution in [0.1, 0.15) is 47.7 Å². The maximum absolute atomic E-state index is 12.9. The fraction of sp³-hybridized carbons (Fsp3) is 0.579. The van der Waals surface area contributed by atoms with Crippen LogP contribution in [-0.4, -0.2) is 54.9 Å². The molecule has 1 fully saturated rings. The van der Waals surface area contributed by atoms with Gasteiger partial charge in [0.15, 0.2) is 0 Å². The molecule has 24 heavy (non-hydrogen) atoms. The van der Waals surface area contributed by atoms with E-state index in [2.05, 4.69) is 6.92 Å². The number of aryl methyl sites for hydroxylation is 2. The standard InChI is InChI=1S/C19H28N2O3/c1-5-6-7-17(22)20-8-10-21(11-9-20)19(23)18-15(3)12-14(2)13-16(18)24-4/h12-13H,5-11H2,1-4H3. The minimum atomic E-state index is -0.00925. The molecular weight excluding hydrogens is 304 g/mol. The van der Waals surface area contributed by atoms with Crippen molar-refractivity contribution in [3.8, 4) is 5.75 Å². The number of ether oxygens (including phenoxy) is 1. The molecule has 1 aromatic rings. The lowest BCUT2D eigenvalue weighted by atomic mass is 10.0. The van der Waals surface area contributed by atoms with Crippen LogP contribution in [0.5, 0.6) is 5.75 Å². The molecule has 5 nitrogen and oxygen atoms in total. The van der Waals surface area contributed by atoms with Crippen LogP contribution in [-0.2, 0) is 4.79 Å². The number of piperazine rings is 1. The molecule has 0 unspecified atom stereocenters. The third-order valence-corrected chi connectivity index (χ3v) is 4.54. The van der Waals surface area contributed by atoms with Gasteiger partial charge in [-0.05, 0) is 37.5 Å². The molecule has 2 rings (SSSR count). The van der Waals surface area contributed by atoms with E-state index in [1.54, 1.807) is 7.11 Å². The van der Waals surface area contributed by atoms with E-state index < -0.39 is 0 Å². The number of benzene rings is 1. The molecule has 1 aromatic carbocycles. The molecule has 132 valence electrons. The van der Waals surface area contributed by atoms with E-state index in [1.165, 1.54) is 0 Å². The van der Waals surface area contributed by atoms with Crippen LogP contribution in [0.3, 0.4) is 0 Å². The van der Waals surface area contributed by atoms with E-state index >= 15 is 0 Å². The first-order valence-corrected chi connectivity index (χ1v) is 8.70. The number of hydrogen-bond acceptors (Lipinski definition) is 3. The smallest absolute Gasteiger partial charge is 0.258 e. The van der Waals surface area contributed by atoms with Gasteiger partial charge < -0.3 is 14.5 Å². The molecular formula is C19H28N2O3. The Morgan fingerprint density at radius 1 is 1.08 bits per heavy atom. The van der Waals surface area contributed by atoms with Crippen molar-refractivity contribution in [2.75, 3.05) is 33.3 Å². The van der Waals surface area contributed by atoms with E-state index in [1.807, 2.05) is 35.8 Å². The summed E-state index contributed by atoms with van der Waals surface area (Å²) in [6.07, 6.45) is 2.56. The van der Waals surface area contributed by atoms with Gasteiger partial charge in [-0.1, -0.05) is 19.4 Å². The molecule has 1 aliphatic heterocycles.